The number of hydrogen-bond acceptors (Lipinski definition) is 3. The number of ketones is 1. The van der Waals surface area contributed by atoms with E-state index in [0.717, 1.165) is 65.1 Å². The molecule has 0 spiro atoms. The maximum absolute atomic E-state index is 12.5. The second-order valence-electron chi connectivity index (χ2n) is 14.9. The van der Waals surface area contributed by atoms with E-state index in [9.17, 15) is 4.79 Å². The Bertz CT molecular complexity index is 1990. The van der Waals surface area contributed by atoms with E-state index < -0.39 is 0 Å². The molecule has 1 radical (unpaired) electrons. The van der Waals surface area contributed by atoms with Crippen LogP contribution in [0.2, 0.25) is 0 Å². The van der Waals surface area contributed by atoms with Crippen LogP contribution in [0.3, 0.4) is 0 Å². The number of aromatic nitrogens is 1. The first kappa shape index (κ1) is 38.7. The molecule has 2 aliphatic rings. The van der Waals surface area contributed by atoms with Crippen molar-refractivity contribution >= 4 is 27.7 Å². The number of para-hydroxylation sites is 1. The molecule has 0 atom stereocenters. The third-order valence-electron chi connectivity index (χ3n) is 11.2. The molecule has 7 rings (SSSR count). The second kappa shape index (κ2) is 16.9. The van der Waals surface area contributed by atoms with Crippen molar-refractivity contribution in [3.63, 3.8) is 0 Å². The number of hydrogen-bond donors (Lipinski definition) is 0. The van der Waals surface area contributed by atoms with Gasteiger partial charge in [0, 0.05) is 37.0 Å². The van der Waals surface area contributed by atoms with E-state index >= 15 is 0 Å². The smallest absolute Gasteiger partial charge is 0.157 e. The number of fused-ring (bicyclic) bond motifs is 6. The van der Waals surface area contributed by atoms with E-state index in [-0.39, 0.29) is 31.4 Å². The van der Waals surface area contributed by atoms with Gasteiger partial charge >= 0.3 is 0 Å². The summed E-state index contributed by atoms with van der Waals surface area (Å²) in [6.07, 6.45) is 12.3. The molecular formula is C46H54IrN2O2-2. The maximum Gasteiger partial charge on any atom is 0.157 e. The van der Waals surface area contributed by atoms with Gasteiger partial charge in [0.25, 0.3) is 0 Å². The minimum Gasteiger partial charge on any atom is -0.685 e. The molecule has 0 N–H and O–H groups in total. The summed E-state index contributed by atoms with van der Waals surface area (Å²) in [6.45, 7) is 15.3. The fourth-order valence-corrected chi connectivity index (χ4v) is 8.25. The maximum atomic E-state index is 12.5. The Labute approximate surface area is 319 Å². The average molecular weight is 859 g/mol. The van der Waals surface area contributed by atoms with Crippen LogP contribution in [-0.2, 0) is 30.3 Å². The zero-order valence-corrected chi connectivity index (χ0v) is 34.0. The Morgan fingerprint density at radius 2 is 1.63 bits per heavy atom. The molecule has 0 bridgehead atoms. The summed E-state index contributed by atoms with van der Waals surface area (Å²) >= 11 is 0. The van der Waals surface area contributed by atoms with Crippen molar-refractivity contribution in [2.75, 3.05) is 0 Å². The van der Waals surface area contributed by atoms with Gasteiger partial charge in [-0.1, -0.05) is 134 Å². The molecule has 2 heterocycles. The van der Waals surface area contributed by atoms with Crippen molar-refractivity contribution in [1.29, 1.82) is 0 Å². The van der Waals surface area contributed by atoms with Crippen molar-refractivity contribution in [3.05, 3.63) is 107 Å². The van der Waals surface area contributed by atoms with Gasteiger partial charge in [0.2, 0.25) is 0 Å². The summed E-state index contributed by atoms with van der Waals surface area (Å²) in [6, 6.07) is 27.0. The minimum absolute atomic E-state index is 0. The molecule has 0 amide bonds. The number of allylic oxidation sites excluding steroid dienone is 2. The Morgan fingerprint density at radius 3 is 2.33 bits per heavy atom. The van der Waals surface area contributed by atoms with Crippen LogP contribution in [0.4, 0.5) is 0 Å². The predicted molar refractivity (Wildman–Crippen MR) is 210 cm³/mol. The molecule has 1 fully saturated rings. The molecule has 3 aromatic carbocycles. The van der Waals surface area contributed by atoms with Crippen molar-refractivity contribution < 1.29 is 29.3 Å². The summed E-state index contributed by atoms with van der Waals surface area (Å²) in [5.74, 6) is 1.90. The number of nitrogens with zero attached hydrogens (tertiary/aromatic N) is 2. The topological polar surface area (TPSA) is 57.2 Å². The SMILES string of the molecule is CCC(CC)C(=O)/C=C(\[N-]C1CCCCC1)C(CC)CC.Cc1ccc2nc(-c3[c-]ccc4c3C(C)(C)c3c-4oc4ccccc34)ccc2c1.[Ir]. The third kappa shape index (κ3) is 7.96. The van der Waals surface area contributed by atoms with Crippen LogP contribution >= 0.6 is 0 Å². The zero-order chi connectivity index (χ0) is 35.4. The van der Waals surface area contributed by atoms with Crippen LogP contribution in [0.1, 0.15) is 116 Å². The molecule has 0 aliphatic heterocycles. The van der Waals surface area contributed by atoms with E-state index in [2.05, 4.69) is 103 Å². The van der Waals surface area contributed by atoms with Crippen molar-refractivity contribution in [1.82, 2.24) is 4.98 Å². The quantitative estimate of drug-likeness (QED) is 0.104. The van der Waals surface area contributed by atoms with Crippen molar-refractivity contribution in [2.45, 2.75) is 118 Å². The van der Waals surface area contributed by atoms with Crippen LogP contribution < -0.4 is 0 Å². The standard InChI is InChI=1S/C27H20NO.C19H35NO.Ir/c1-16-11-13-21-17(15-16)12-14-22(28-21)18-8-6-9-20-24(18)27(2,3)25-19-7-4-5-10-23(19)29-26(20)25;1-5-15(6-2)18(14-19(21)16(7-3)8-4)20-17-12-10-9-11-13-17;/h4-7,9-15H,1-3H3;14-17H,5-13H2,1-4H3,(H,20,21);/q-1;;/p-1. The predicted octanol–water partition coefficient (Wildman–Crippen LogP) is 13.1. The largest absolute Gasteiger partial charge is 0.685 e. The summed E-state index contributed by atoms with van der Waals surface area (Å²) in [7, 11) is 0. The van der Waals surface area contributed by atoms with Crippen LogP contribution in [0.15, 0.2) is 82.9 Å². The normalized spacial score (nSPS) is 15.4. The third-order valence-corrected chi connectivity index (χ3v) is 11.2. The van der Waals surface area contributed by atoms with Crippen LogP contribution in [0, 0.1) is 24.8 Å². The first-order chi connectivity index (χ1) is 24.2. The molecular weight excluding hydrogens is 805 g/mol. The molecule has 271 valence electrons. The number of furan rings is 1. The van der Waals surface area contributed by atoms with Gasteiger partial charge in [-0.05, 0) is 66.5 Å². The fourth-order valence-electron chi connectivity index (χ4n) is 8.25. The molecule has 0 unspecified atom stereocenters. The monoisotopic (exact) mass is 859 g/mol. The van der Waals surface area contributed by atoms with Gasteiger partial charge in [0.05, 0.1) is 5.52 Å². The Balaban J connectivity index is 0.000000206. The van der Waals surface area contributed by atoms with Gasteiger partial charge in [0.15, 0.2) is 5.78 Å². The van der Waals surface area contributed by atoms with E-state index in [1.165, 1.54) is 59.6 Å². The van der Waals surface area contributed by atoms with Gasteiger partial charge in [-0.2, -0.15) is 5.70 Å². The van der Waals surface area contributed by atoms with Gasteiger partial charge in [-0.3, -0.25) is 9.78 Å². The van der Waals surface area contributed by atoms with Crippen LogP contribution in [0.5, 0.6) is 0 Å². The Morgan fingerprint density at radius 1 is 0.922 bits per heavy atom. The number of aryl methyl sites for hydroxylation is 1. The van der Waals surface area contributed by atoms with Crippen LogP contribution in [-0.4, -0.2) is 16.8 Å². The molecule has 1 saturated carbocycles. The first-order valence-corrected chi connectivity index (χ1v) is 19.1. The van der Waals surface area contributed by atoms with Gasteiger partial charge in [-0.15, -0.1) is 35.4 Å². The van der Waals surface area contributed by atoms with Gasteiger partial charge < -0.3 is 9.73 Å². The number of carbonyl (C=O) groups excluding carboxylic acids is 1. The van der Waals surface area contributed by atoms with E-state index in [1.807, 2.05) is 24.3 Å². The fraction of sp³-hybridized carbons (Fsp3) is 0.435. The molecule has 51 heavy (non-hydrogen) atoms. The van der Waals surface area contributed by atoms with Gasteiger partial charge in [0.1, 0.15) is 11.3 Å². The molecule has 4 nitrogen and oxygen atoms in total. The first-order valence-electron chi connectivity index (χ1n) is 19.1. The Hall–Kier alpha value is -3.53. The zero-order valence-electron chi connectivity index (χ0n) is 31.6. The Kier molecular flexibility index (Phi) is 12.8. The van der Waals surface area contributed by atoms with E-state index in [0.29, 0.717) is 17.7 Å². The number of carbonyl (C=O) groups is 1. The van der Waals surface area contributed by atoms with Crippen molar-refractivity contribution in [2.24, 2.45) is 11.8 Å². The van der Waals surface area contributed by atoms with E-state index in [4.69, 9.17) is 14.7 Å². The second-order valence-corrected chi connectivity index (χ2v) is 14.9. The molecule has 5 heteroatoms. The number of pyridine rings is 1. The number of benzene rings is 3. The van der Waals surface area contributed by atoms with Crippen LogP contribution in [0.25, 0.3) is 49.8 Å². The van der Waals surface area contributed by atoms with E-state index in [1.54, 1.807) is 0 Å². The van der Waals surface area contributed by atoms with Crippen molar-refractivity contribution in [3.8, 4) is 22.6 Å². The number of rotatable bonds is 10. The average Bonchev–Trinajstić information content (AvgIpc) is 3.63. The molecule has 5 aromatic rings. The summed E-state index contributed by atoms with van der Waals surface area (Å²) < 4.78 is 6.31. The summed E-state index contributed by atoms with van der Waals surface area (Å²) in [5, 5.41) is 7.37. The molecule has 2 aromatic heterocycles. The minimum atomic E-state index is -0.186. The van der Waals surface area contributed by atoms with Gasteiger partial charge in [-0.25, -0.2) is 0 Å². The summed E-state index contributed by atoms with van der Waals surface area (Å²) in [4.78, 5) is 17.4. The summed E-state index contributed by atoms with van der Waals surface area (Å²) in [5.41, 5.74) is 9.79. The molecule has 2 aliphatic carbocycles. The molecule has 0 saturated heterocycles.